The Kier molecular flexibility index (Phi) is 199. The molecule has 0 saturated carbocycles. The summed E-state index contributed by atoms with van der Waals surface area (Å²) in [5.41, 5.74) is 0. The Morgan fingerprint density at radius 3 is 0.727 bits per heavy atom. The van der Waals surface area contributed by atoms with Crippen LogP contribution in [0.2, 0.25) is 0 Å². The molecular weight excluding hydrogens is 416 g/mol. The molecule has 0 N–H and O–H groups in total. The Bertz CT molecular complexity index is 346. The van der Waals surface area contributed by atoms with Crippen molar-refractivity contribution in [3.05, 3.63) is 64.2 Å². The Morgan fingerprint density at radius 2 is 0.636 bits per heavy atom. The van der Waals surface area contributed by atoms with Crippen molar-refractivity contribution in [3.63, 3.8) is 0 Å². The van der Waals surface area contributed by atoms with Crippen LogP contribution in [-0.4, -0.2) is 0 Å². The minimum absolute atomic E-state index is 0. The fraction of sp³-hybridized carbons (Fsp3) is 0. The maximum absolute atomic E-state index is 7.50. The van der Waals surface area contributed by atoms with E-state index >= 15 is 0 Å². The van der Waals surface area contributed by atoms with Gasteiger partial charge in [-0.25, -0.2) is 0 Å². The van der Waals surface area contributed by atoms with Gasteiger partial charge in [-0.1, -0.05) is 24.3 Å². The van der Waals surface area contributed by atoms with E-state index in [9.17, 15) is 0 Å². The first-order valence-electron chi connectivity index (χ1n) is 3.46. The first-order valence-corrected chi connectivity index (χ1v) is 4.28. The van der Waals surface area contributed by atoms with E-state index in [0.717, 1.165) is 9.79 Å². The molecule has 6 nitrogen and oxygen atoms in total. The van der Waals surface area contributed by atoms with E-state index < -0.39 is 0 Å². The molecule has 118 valence electrons. The molecule has 0 unspecified atom stereocenters. The van der Waals surface area contributed by atoms with Crippen LogP contribution in [0.15, 0.2) is 34.1 Å². The van der Waals surface area contributed by atoms with Crippen LogP contribution in [0.4, 0.5) is 0 Å². The largest absolute Gasteiger partial charge is 0.781 e. The molecule has 0 aliphatic carbocycles. The molecule has 0 aliphatic heterocycles. The van der Waals surface area contributed by atoms with E-state index in [-0.39, 0.29) is 34.1 Å². The van der Waals surface area contributed by atoms with Crippen LogP contribution in [0.25, 0.3) is 0 Å². The number of benzene rings is 1. The molecule has 0 atom stereocenters. The topological polar surface area (TPSA) is 119 Å². The Labute approximate surface area is 160 Å². The van der Waals surface area contributed by atoms with E-state index in [4.69, 9.17) is 53.2 Å². The van der Waals surface area contributed by atoms with Crippen LogP contribution < -0.4 is 0 Å². The first kappa shape index (κ1) is 49.7. The zero-order valence-electron chi connectivity index (χ0n) is 10.3. The fourth-order valence-corrected chi connectivity index (χ4v) is 0.743. The molecule has 0 bridgehead atoms. The van der Waals surface area contributed by atoms with Gasteiger partial charge in [0.05, 0.1) is 0 Å². The van der Waals surface area contributed by atoms with Crippen LogP contribution >= 0.6 is 0 Å². The van der Waals surface area contributed by atoms with Crippen molar-refractivity contribution >= 4 is 25.3 Å². The summed E-state index contributed by atoms with van der Waals surface area (Å²) < 4.78 is 45.0. The summed E-state index contributed by atoms with van der Waals surface area (Å²) in [7, 11) is 0. The molecule has 0 amide bonds. The summed E-state index contributed by atoms with van der Waals surface area (Å²) in [6.07, 6.45) is 0. The molecule has 0 radical (unpaired) electrons. The standard InChI is InChI=1S/C6H6S2.6CO.2Fe/c7-5-3-1-2-4-6(5)8;6*1-2;;/h1-4,7-8H;;;;;;;;/p-2. The van der Waals surface area contributed by atoms with Crippen LogP contribution in [-0.2, 0) is 87.3 Å². The predicted octanol–water partition coefficient (Wildman–Crippen LogP) is 1.27. The minimum atomic E-state index is 0. The average Bonchev–Trinajstić information content (AvgIpc) is 2.61. The third-order valence-corrected chi connectivity index (χ3v) is 1.69. The molecule has 1 aromatic carbocycles. The van der Waals surface area contributed by atoms with Gasteiger partial charge in [0.2, 0.25) is 0 Å². The number of hydrogen-bond acceptors (Lipinski definition) is 2. The number of rotatable bonds is 0. The van der Waals surface area contributed by atoms with Crippen LogP contribution in [0.5, 0.6) is 0 Å². The smallest absolute Gasteiger partial charge is 0 e. The van der Waals surface area contributed by atoms with Gasteiger partial charge in [0.15, 0.2) is 0 Å². The predicted molar refractivity (Wildman–Crippen MR) is 61.3 cm³/mol. The zero-order chi connectivity index (χ0) is 18.0. The van der Waals surface area contributed by atoms with Crippen molar-refractivity contribution in [1.82, 2.24) is 0 Å². The van der Waals surface area contributed by atoms with Gasteiger partial charge in [0.1, 0.15) is 0 Å². The third-order valence-electron chi connectivity index (χ3n) is 0.849. The van der Waals surface area contributed by atoms with E-state index in [1.54, 1.807) is 0 Å². The van der Waals surface area contributed by atoms with Gasteiger partial charge in [0, 0.05) is 34.1 Å². The molecule has 1 rings (SSSR count). The molecule has 0 heterocycles. The normalized spacial score (nSPS) is 3.82. The van der Waals surface area contributed by atoms with Crippen molar-refractivity contribution in [2.24, 2.45) is 0 Å². The maximum atomic E-state index is 7.50. The molecule has 1 aromatic rings. The third kappa shape index (κ3) is 61.3. The number of hydrogen-bond donors (Lipinski definition) is 0. The molecule has 10 heteroatoms. The summed E-state index contributed by atoms with van der Waals surface area (Å²) in [6.45, 7) is 27.0. The second-order valence-electron chi connectivity index (χ2n) is 1.45. The second kappa shape index (κ2) is 88.3. The Hall–Kier alpha value is -0.861. The van der Waals surface area contributed by atoms with Gasteiger partial charge >= 0.3 is 67.8 Å². The van der Waals surface area contributed by atoms with E-state index in [1.165, 1.54) is 0 Å². The van der Waals surface area contributed by atoms with Crippen molar-refractivity contribution < 1.29 is 62.1 Å². The summed E-state index contributed by atoms with van der Waals surface area (Å²) in [5, 5.41) is 0. The molecule has 0 fully saturated rings. The van der Waals surface area contributed by atoms with Gasteiger partial charge in [0.25, 0.3) is 0 Å². The summed E-state index contributed by atoms with van der Waals surface area (Å²) in [4.78, 5) is 1.53. The summed E-state index contributed by atoms with van der Waals surface area (Å²) in [6, 6.07) is 7.44. The summed E-state index contributed by atoms with van der Waals surface area (Å²) >= 11 is 9.70. The minimum Gasteiger partial charge on any atom is -0.781 e. The van der Waals surface area contributed by atoms with Crippen LogP contribution in [0.1, 0.15) is 0 Å². The van der Waals surface area contributed by atoms with E-state index in [1.807, 2.05) is 24.3 Å². The van der Waals surface area contributed by atoms with Gasteiger partial charge in [-0.05, 0) is 0 Å². The molecule has 0 aromatic heterocycles. The summed E-state index contributed by atoms with van der Waals surface area (Å²) in [5.74, 6) is 0. The van der Waals surface area contributed by atoms with Gasteiger partial charge < -0.3 is 25.3 Å². The molecule has 0 spiro atoms. The zero-order valence-corrected chi connectivity index (χ0v) is 14.1. The molecule has 0 aliphatic rings. The molecular formula is C12H4Fe2O6S2-2. The Balaban J connectivity index is -0.0000000203. The van der Waals surface area contributed by atoms with Crippen molar-refractivity contribution in [3.8, 4) is 0 Å². The van der Waals surface area contributed by atoms with Crippen molar-refractivity contribution in [1.29, 1.82) is 0 Å². The second-order valence-corrected chi connectivity index (χ2v) is 2.33. The fourth-order valence-electron chi connectivity index (χ4n) is 0.450. The average molecular weight is 420 g/mol. The van der Waals surface area contributed by atoms with Gasteiger partial charge in [-0.2, -0.15) is 9.79 Å². The molecule has 0 saturated heterocycles. The van der Waals surface area contributed by atoms with Crippen LogP contribution in [0, 0.1) is 39.9 Å². The maximum Gasteiger partial charge on any atom is 0 e. The van der Waals surface area contributed by atoms with E-state index in [0.29, 0.717) is 0 Å². The monoisotopic (exact) mass is 420 g/mol. The quantitative estimate of drug-likeness (QED) is 0.272. The van der Waals surface area contributed by atoms with Crippen molar-refractivity contribution in [2.75, 3.05) is 0 Å². The van der Waals surface area contributed by atoms with Crippen LogP contribution in [0.3, 0.4) is 0 Å². The van der Waals surface area contributed by atoms with E-state index in [2.05, 4.69) is 39.9 Å². The Morgan fingerprint density at radius 1 is 0.500 bits per heavy atom. The van der Waals surface area contributed by atoms with Gasteiger partial charge in [-0.15, -0.1) is 0 Å². The molecule has 22 heavy (non-hydrogen) atoms. The SMILES string of the molecule is [C-]#[O+].[C-]#[O+].[C-]#[O+].[C-]#[O+].[C-]#[O+].[C-]#[O+].[Fe].[Fe].[S-]c1ccccc1[S-]. The van der Waals surface area contributed by atoms with Crippen molar-refractivity contribution in [2.45, 2.75) is 9.79 Å². The first-order chi connectivity index (χ1) is 9.80. The van der Waals surface area contributed by atoms with Gasteiger partial charge in [-0.3, -0.25) is 0 Å².